The summed E-state index contributed by atoms with van der Waals surface area (Å²) in [5.74, 6) is 0.871. The molecule has 0 bridgehead atoms. The summed E-state index contributed by atoms with van der Waals surface area (Å²) in [6, 6.07) is 10.9. The van der Waals surface area contributed by atoms with E-state index in [0.717, 1.165) is 24.2 Å². The fourth-order valence-electron chi connectivity index (χ4n) is 4.87. The molecule has 1 aliphatic carbocycles. The molecule has 2 aromatic rings. The Bertz CT molecular complexity index is 1060. The summed E-state index contributed by atoms with van der Waals surface area (Å²) in [5.41, 5.74) is -1.36. The van der Waals surface area contributed by atoms with Gasteiger partial charge in [0.15, 0.2) is 0 Å². The molecule has 4 rings (SSSR count). The maximum atomic E-state index is 13.8. The number of nitrogens with zero attached hydrogens (tertiary/aromatic N) is 1. The highest BCUT2D eigenvalue weighted by atomic mass is 16.5. The van der Waals surface area contributed by atoms with Gasteiger partial charge in [-0.25, -0.2) is 9.69 Å². The molecule has 8 nitrogen and oxygen atoms in total. The number of hydrogen-bond acceptors (Lipinski definition) is 5. The second-order valence-electron chi connectivity index (χ2n) is 8.87. The zero-order valence-corrected chi connectivity index (χ0v) is 19.4. The van der Waals surface area contributed by atoms with Crippen molar-refractivity contribution in [3.63, 3.8) is 0 Å². The van der Waals surface area contributed by atoms with Crippen molar-refractivity contribution in [1.29, 1.82) is 0 Å². The van der Waals surface area contributed by atoms with Crippen LogP contribution in [0, 0.1) is 11.8 Å². The first-order chi connectivity index (χ1) is 15.8. The zero-order valence-electron chi connectivity index (χ0n) is 19.4. The van der Waals surface area contributed by atoms with Gasteiger partial charge in [0, 0.05) is 17.7 Å². The van der Waals surface area contributed by atoms with Gasteiger partial charge in [-0.1, -0.05) is 44.9 Å². The van der Waals surface area contributed by atoms with E-state index in [1.807, 2.05) is 0 Å². The highest BCUT2D eigenvalue weighted by molar-refractivity contribution is 6.12. The lowest BCUT2D eigenvalue weighted by atomic mass is 9.78. The van der Waals surface area contributed by atoms with Crippen molar-refractivity contribution in [2.24, 2.45) is 11.8 Å². The molecule has 1 saturated carbocycles. The van der Waals surface area contributed by atoms with Gasteiger partial charge in [0.2, 0.25) is 0 Å². The minimum atomic E-state index is -2.28. The zero-order chi connectivity index (χ0) is 23.8. The number of para-hydroxylation sites is 1. The molecule has 2 aliphatic rings. The van der Waals surface area contributed by atoms with E-state index in [4.69, 9.17) is 9.47 Å². The van der Waals surface area contributed by atoms with Crippen LogP contribution in [-0.4, -0.2) is 37.3 Å². The molecular formula is C25H31N3O5. The third-order valence-corrected chi connectivity index (χ3v) is 7.04. The van der Waals surface area contributed by atoms with Gasteiger partial charge in [0.05, 0.1) is 25.6 Å². The Morgan fingerprint density at radius 1 is 1.15 bits per heavy atom. The second-order valence-corrected chi connectivity index (χ2v) is 8.87. The molecule has 33 heavy (non-hydrogen) atoms. The number of benzene rings is 2. The van der Waals surface area contributed by atoms with E-state index in [1.54, 1.807) is 42.5 Å². The first-order valence-corrected chi connectivity index (χ1v) is 11.3. The number of hydrogen-bond donors (Lipinski definition) is 3. The Labute approximate surface area is 193 Å². The average Bonchev–Trinajstić information content (AvgIpc) is 2.82. The number of amides is 3. The number of urea groups is 1. The van der Waals surface area contributed by atoms with Crippen molar-refractivity contribution in [2.45, 2.75) is 44.9 Å². The van der Waals surface area contributed by atoms with Gasteiger partial charge in [-0.2, -0.15) is 0 Å². The van der Waals surface area contributed by atoms with Crippen LogP contribution in [0.15, 0.2) is 42.5 Å². The predicted molar refractivity (Wildman–Crippen MR) is 125 cm³/mol. The van der Waals surface area contributed by atoms with E-state index in [1.165, 1.54) is 14.2 Å². The van der Waals surface area contributed by atoms with Crippen molar-refractivity contribution in [3.05, 3.63) is 48.0 Å². The number of carbonyl (C=O) groups is 2. The lowest BCUT2D eigenvalue weighted by Crippen LogP contribution is -2.64. The molecule has 0 radical (unpaired) electrons. The Balaban J connectivity index is 1.82. The first-order valence-electron chi connectivity index (χ1n) is 11.3. The minimum absolute atomic E-state index is 0.0953. The monoisotopic (exact) mass is 453 g/mol. The van der Waals surface area contributed by atoms with Crippen LogP contribution in [0.2, 0.25) is 0 Å². The van der Waals surface area contributed by atoms with Crippen molar-refractivity contribution < 1.29 is 24.2 Å². The molecule has 4 atom stereocenters. The number of fused-ring (bicyclic) bond motifs is 1. The standard InChI is InChI=1S/C25H31N3O5/c1-15-8-7-11-19(16(15)2)26-23(29)25(31)18-9-5-6-10-20(18)27-24(30)28(25)21-13-12-17(32-3)14-22(21)33-4/h5-6,9-10,12-16,19,31H,7-8,11H2,1-4H3,(H,26,29)(H,27,30)/t15-,16+,19-,25-/m1/s1. The molecule has 3 N–H and O–H groups in total. The van der Waals surface area contributed by atoms with Crippen molar-refractivity contribution >= 4 is 23.3 Å². The Kier molecular flexibility index (Phi) is 6.21. The summed E-state index contributed by atoms with van der Waals surface area (Å²) in [7, 11) is 2.98. The average molecular weight is 454 g/mol. The second kappa shape index (κ2) is 8.94. The summed E-state index contributed by atoms with van der Waals surface area (Å²) in [6.45, 7) is 4.29. The van der Waals surface area contributed by atoms with Crippen molar-refractivity contribution in [1.82, 2.24) is 5.32 Å². The molecule has 1 fully saturated rings. The number of carbonyl (C=O) groups excluding carboxylic acids is 2. The smallest absolute Gasteiger partial charge is 0.329 e. The van der Waals surface area contributed by atoms with Gasteiger partial charge in [-0.05, 0) is 36.5 Å². The molecule has 3 amide bonds. The van der Waals surface area contributed by atoms with E-state index >= 15 is 0 Å². The summed E-state index contributed by atoms with van der Waals surface area (Å²) >= 11 is 0. The lowest BCUT2D eigenvalue weighted by Gasteiger charge is -2.44. The quantitative estimate of drug-likeness (QED) is 0.639. The predicted octanol–water partition coefficient (Wildman–Crippen LogP) is 3.84. The van der Waals surface area contributed by atoms with Gasteiger partial charge >= 0.3 is 6.03 Å². The van der Waals surface area contributed by atoms with Crippen LogP contribution < -0.4 is 25.0 Å². The van der Waals surface area contributed by atoms with Crippen LogP contribution in [0.1, 0.15) is 38.7 Å². The minimum Gasteiger partial charge on any atom is -0.497 e. The van der Waals surface area contributed by atoms with Crippen LogP contribution in [0.25, 0.3) is 0 Å². The third kappa shape index (κ3) is 3.88. The van der Waals surface area contributed by atoms with Crippen LogP contribution in [-0.2, 0) is 10.5 Å². The van der Waals surface area contributed by atoms with E-state index in [9.17, 15) is 14.7 Å². The summed E-state index contributed by atoms with van der Waals surface area (Å²) in [4.78, 5) is 28.2. The van der Waals surface area contributed by atoms with Gasteiger partial charge in [-0.3, -0.25) is 4.79 Å². The molecule has 1 aliphatic heterocycles. The normalized spacial score (nSPS) is 26.8. The molecule has 1 heterocycles. The van der Waals surface area contributed by atoms with Crippen molar-refractivity contribution in [3.8, 4) is 11.5 Å². The third-order valence-electron chi connectivity index (χ3n) is 7.04. The number of methoxy groups -OCH3 is 2. The SMILES string of the molecule is COc1ccc(N2C(=O)Nc3ccccc3[C@@]2(O)C(=O)N[C@@H]2CCC[C@@H](C)[C@@H]2C)c(OC)c1. The maximum Gasteiger partial charge on any atom is 0.329 e. The molecule has 8 heteroatoms. The van der Waals surface area contributed by atoms with Crippen LogP contribution in [0.5, 0.6) is 11.5 Å². The molecule has 176 valence electrons. The van der Waals surface area contributed by atoms with E-state index in [0.29, 0.717) is 17.4 Å². The molecule has 0 saturated heterocycles. The Hall–Kier alpha value is -3.26. The van der Waals surface area contributed by atoms with Gasteiger partial charge in [-0.15, -0.1) is 0 Å². The fourth-order valence-corrected chi connectivity index (χ4v) is 4.87. The summed E-state index contributed by atoms with van der Waals surface area (Å²) in [6.07, 6.45) is 2.94. The molecule has 0 unspecified atom stereocenters. The molecular weight excluding hydrogens is 422 g/mol. The highest BCUT2D eigenvalue weighted by Gasteiger charge is 2.53. The number of anilines is 2. The molecule has 0 spiro atoms. The van der Waals surface area contributed by atoms with Gasteiger partial charge in [0.1, 0.15) is 11.5 Å². The topological polar surface area (TPSA) is 100 Å². The molecule has 2 aromatic carbocycles. The number of aliphatic hydroxyl groups is 1. The van der Waals surface area contributed by atoms with Gasteiger partial charge < -0.3 is 25.2 Å². The number of rotatable bonds is 5. The lowest BCUT2D eigenvalue weighted by molar-refractivity contribution is -0.141. The van der Waals surface area contributed by atoms with Gasteiger partial charge in [0.25, 0.3) is 11.6 Å². The van der Waals surface area contributed by atoms with Crippen molar-refractivity contribution in [2.75, 3.05) is 24.4 Å². The van der Waals surface area contributed by atoms with E-state index in [2.05, 4.69) is 24.5 Å². The highest BCUT2D eigenvalue weighted by Crippen LogP contribution is 2.44. The maximum absolute atomic E-state index is 13.8. The summed E-state index contributed by atoms with van der Waals surface area (Å²) in [5, 5.41) is 17.9. The van der Waals surface area contributed by atoms with Crippen LogP contribution in [0.3, 0.4) is 0 Å². The molecule has 0 aromatic heterocycles. The van der Waals surface area contributed by atoms with Crippen LogP contribution in [0.4, 0.5) is 16.2 Å². The number of nitrogens with one attached hydrogen (secondary N) is 2. The van der Waals surface area contributed by atoms with E-state index < -0.39 is 17.7 Å². The number of ether oxygens (including phenoxy) is 2. The summed E-state index contributed by atoms with van der Waals surface area (Å²) < 4.78 is 10.8. The Morgan fingerprint density at radius 2 is 1.91 bits per heavy atom. The largest absolute Gasteiger partial charge is 0.497 e. The Morgan fingerprint density at radius 3 is 2.64 bits per heavy atom. The van der Waals surface area contributed by atoms with E-state index in [-0.39, 0.29) is 29.0 Å². The fraction of sp³-hybridized carbons (Fsp3) is 0.440. The first kappa shape index (κ1) is 22.9. The van der Waals surface area contributed by atoms with Crippen LogP contribution >= 0.6 is 0 Å².